The second kappa shape index (κ2) is 7.90. The first-order chi connectivity index (χ1) is 8.93. The van der Waals surface area contributed by atoms with Gasteiger partial charge in [0.2, 0.25) is 0 Å². The third kappa shape index (κ3) is 5.53. The number of nitrogens with zero attached hydrogens (tertiary/aromatic N) is 1. The molecule has 0 amide bonds. The molecule has 5 heteroatoms. The molecule has 2 unspecified atom stereocenters. The molecule has 1 aliphatic carbocycles. The van der Waals surface area contributed by atoms with Crippen LogP contribution in [-0.2, 0) is 4.79 Å². The van der Waals surface area contributed by atoms with E-state index in [4.69, 9.17) is 5.11 Å². The first kappa shape index (κ1) is 16.5. The fourth-order valence-corrected chi connectivity index (χ4v) is 2.83. The van der Waals surface area contributed by atoms with Crippen molar-refractivity contribution in [2.75, 3.05) is 26.2 Å². The van der Waals surface area contributed by atoms with Crippen LogP contribution >= 0.6 is 0 Å². The summed E-state index contributed by atoms with van der Waals surface area (Å²) in [5.74, 6) is 1.07. The van der Waals surface area contributed by atoms with Gasteiger partial charge in [0.25, 0.3) is 6.43 Å². The van der Waals surface area contributed by atoms with Crippen LogP contribution in [0.5, 0.6) is 0 Å². The normalized spacial score (nSPS) is 24.7. The van der Waals surface area contributed by atoms with Gasteiger partial charge in [-0.1, -0.05) is 13.8 Å². The zero-order valence-corrected chi connectivity index (χ0v) is 11.8. The van der Waals surface area contributed by atoms with Gasteiger partial charge in [-0.05, 0) is 24.7 Å². The summed E-state index contributed by atoms with van der Waals surface area (Å²) in [4.78, 5) is 13.4. The summed E-state index contributed by atoms with van der Waals surface area (Å²) in [7, 11) is 0. The number of hydrogen-bond acceptors (Lipinski definition) is 3. The summed E-state index contributed by atoms with van der Waals surface area (Å²) >= 11 is 0. The van der Waals surface area contributed by atoms with E-state index in [1.807, 2.05) is 0 Å². The van der Waals surface area contributed by atoms with Crippen LogP contribution in [0.2, 0.25) is 0 Å². The van der Waals surface area contributed by atoms with Crippen LogP contribution in [0.25, 0.3) is 0 Å². The molecule has 0 bridgehead atoms. The van der Waals surface area contributed by atoms with Crippen molar-refractivity contribution in [2.24, 2.45) is 17.8 Å². The van der Waals surface area contributed by atoms with Crippen molar-refractivity contribution in [3.8, 4) is 0 Å². The Kier molecular flexibility index (Phi) is 6.86. The summed E-state index contributed by atoms with van der Waals surface area (Å²) in [6, 6.07) is 0. The highest BCUT2D eigenvalue weighted by Gasteiger charge is 2.31. The van der Waals surface area contributed by atoms with E-state index < -0.39 is 6.43 Å². The maximum absolute atomic E-state index is 12.5. The van der Waals surface area contributed by atoms with Crippen molar-refractivity contribution in [1.82, 2.24) is 4.90 Å². The average Bonchev–Trinajstić information content (AvgIpc) is 2.31. The number of ketones is 1. The molecule has 1 saturated carbocycles. The molecule has 0 aromatic rings. The SMILES string of the molecule is CC(C)C1CCC(=O)C(CN(CCO)CC(F)F)C1. The third-order valence-corrected chi connectivity index (χ3v) is 4.04. The Morgan fingerprint density at radius 2 is 2.11 bits per heavy atom. The largest absolute Gasteiger partial charge is 0.395 e. The molecule has 1 fully saturated rings. The van der Waals surface area contributed by atoms with Gasteiger partial charge in [-0.3, -0.25) is 9.69 Å². The Morgan fingerprint density at radius 3 is 2.63 bits per heavy atom. The zero-order valence-electron chi connectivity index (χ0n) is 11.8. The van der Waals surface area contributed by atoms with Crippen molar-refractivity contribution >= 4 is 5.78 Å². The Labute approximate surface area is 114 Å². The van der Waals surface area contributed by atoms with Crippen LogP contribution in [0.15, 0.2) is 0 Å². The molecular weight excluding hydrogens is 252 g/mol. The Morgan fingerprint density at radius 1 is 1.42 bits per heavy atom. The van der Waals surface area contributed by atoms with Crippen LogP contribution in [0.1, 0.15) is 33.1 Å². The highest BCUT2D eigenvalue weighted by molar-refractivity contribution is 5.82. The first-order valence-electron chi connectivity index (χ1n) is 7.08. The van der Waals surface area contributed by atoms with Crippen LogP contribution in [-0.4, -0.2) is 48.5 Å². The number of aliphatic hydroxyl groups is 1. The predicted molar refractivity (Wildman–Crippen MR) is 70.2 cm³/mol. The monoisotopic (exact) mass is 277 g/mol. The molecule has 0 aromatic heterocycles. The fraction of sp³-hybridized carbons (Fsp3) is 0.929. The maximum Gasteiger partial charge on any atom is 0.251 e. The molecule has 0 radical (unpaired) electrons. The Balaban J connectivity index is 2.57. The molecule has 19 heavy (non-hydrogen) atoms. The third-order valence-electron chi connectivity index (χ3n) is 4.04. The van der Waals surface area contributed by atoms with E-state index in [0.29, 0.717) is 24.8 Å². The van der Waals surface area contributed by atoms with Crippen LogP contribution in [0.4, 0.5) is 8.78 Å². The Hall–Kier alpha value is -0.550. The molecule has 112 valence electrons. The van der Waals surface area contributed by atoms with E-state index in [9.17, 15) is 13.6 Å². The van der Waals surface area contributed by atoms with E-state index in [1.165, 1.54) is 4.90 Å². The van der Waals surface area contributed by atoms with Gasteiger partial charge in [-0.25, -0.2) is 8.78 Å². The van der Waals surface area contributed by atoms with Gasteiger partial charge < -0.3 is 5.11 Å². The molecule has 1 aliphatic rings. The molecule has 0 saturated heterocycles. The zero-order chi connectivity index (χ0) is 14.4. The van der Waals surface area contributed by atoms with Gasteiger partial charge in [0.05, 0.1) is 13.2 Å². The predicted octanol–water partition coefficient (Wildman–Crippen LogP) is 2.19. The Bertz CT molecular complexity index is 285. The summed E-state index contributed by atoms with van der Waals surface area (Å²) in [5.41, 5.74) is 0. The van der Waals surface area contributed by atoms with Gasteiger partial charge in [0.15, 0.2) is 0 Å². The van der Waals surface area contributed by atoms with Gasteiger partial charge in [-0.15, -0.1) is 0 Å². The van der Waals surface area contributed by atoms with Crippen molar-refractivity contribution in [3.05, 3.63) is 0 Å². The fourth-order valence-electron chi connectivity index (χ4n) is 2.83. The second-order valence-corrected chi connectivity index (χ2v) is 5.82. The van der Waals surface area contributed by atoms with Gasteiger partial charge in [0, 0.05) is 25.4 Å². The molecule has 0 aromatic carbocycles. The van der Waals surface area contributed by atoms with Crippen LogP contribution < -0.4 is 0 Å². The minimum absolute atomic E-state index is 0.147. The molecule has 0 spiro atoms. The number of halogens is 2. The van der Waals surface area contributed by atoms with Crippen molar-refractivity contribution < 1.29 is 18.7 Å². The average molecular weight is 277 g/mol. The van der Waals surface area contributed by atoms with Crippen molar-refractivity contribution in [2.45, 2.75) is 39.5 Å². The van der Waals surface area contributed by atoms with Crippen LogP contribution in [0, 0.1) is 17.8 Å². The first-order valence-corrected chi connectivity index (χ1v) is 7.08. The summed E-state index contributed by atoms with van der Waals surface area (Å²) in [6.45, 7) is 4.33. The molecule has 1 N–H and O–H groups in total. The van der Waals surface area contributed by atoms with Gasteiger partial charge in [-0.2, -0.15) is 0 Å². The van der Waals surface area contributed by atoms with E-state index >= 15 is 0 Å². The minimum Gasteiger partial charge on any atom is -0.395 e. The smallest absolute Gasteiger partial charge is 0.251 e. The highest BCUT2D eigenvalue weighted by Crippen LogP contribution is 2.32. The van der Waals surface area contributed by atoms with E-state index in [-0.39, 0.29) is 31.4 Å². The number of carbonyl (C=O) groups excluding carboxylic acids is 1. The van der Waals surface area contributed by atoms with E-state index in [2.05, 4.69) is 13.8 Å². The van der Waals surface area contributed by atoms with Crippen molar-refractivity contribution in [3.63, 3.8) is 0 Å². The molecule has 2 atom stereocenters. The van der Waals surface area contributed by atoms with Crippen LogP contribution in [0.3, 0.4) is 0 Å². The molecule has 0 heterocycles. The number of carbonyl (C=O) groups is 1. The standard InChI is InChI=1S/C14H25F2NO2/c1-10(2)11-3-4-13(19)12(7-11)8-17(5-6-18)9-14(15)16/h10-12,14,18H,3-9H2,1-2H3. The summed E-state index contributed by atoms with van der Waals surface area (Å²) in [6.07, 6.45) is -0.148. The second-order valence-electron chi connectivity index (χ2n) is 5.82. The molecule has 1 rings (SSSR count). The van der Waals surface area contributed by atoms with Gasteiger partial charge in [0.1, 0.15) is 5.78 Å². The van der Waals surface area contributed by atoms with E-state index in [1.54, 1.807) is 0 Å². The summed E-state index contributed by atoms with van der Waals surface area (Å²) < 4.78 is 24.9. The van der Waals surface area contributed by atoms with E-state index in [0.717, 1.165) is 12.8 Å². The summed E-state index contributed by atoms with van der Waals surface area (Å²) in [5, 5.41) is 8.91. The molecular formula is C14H25F2NO2. The topological polar surface area (TPSA) is 40.5 Å². The number of Topliss-reactive ketones (excluding diaryl/α,β-unsaturated/α-hetero) is 1. The number of hydrogen-bond donors (Lipinski definition) is 1. The number of rotatable bonds is 7. The lowest BCUT2D eigenvalue weighted by atomic mass is 9.75. The number of alkyl halides is 2. The quantitative estimate of drug-likeness (QED) is 0.775. The lowest BCUT2D eigenvalue weighted by Gasteiger charge is -2.33. The molecule has 3 nitrogen and oxygen atoms in total. The highest BCUT2D eigenvalue weighted by atomic mass is 19.3. The maximum atomic E-state index is 12.5. The van der Waals surface area contributed by atoms with Gasteiger partial charge >= 0.3 is 0 Å². The number of aliphatic hydroxyl groups excluding tert-OH is 1. The lowest BCUT2D eigenvalue weighted by molar-refractivity contribution is -0.127. The lowest BCUT2D eigenvalue weighted by Crippen LogP contribution is -2.40. The van der Waals surface area contributed by atoms with Crippen molar-refractivity contribution in [1.29, 1.82) is 0 Å². The molecule has 0 aliphatic heterocycles. The minimum atomic E-state index is -2.42.